The number of hydrogen-bond acceptors (Lipinski definition) is 2. The highest BCUT2D eigenvalue weighted by Crippen LogP contribution is 2.21. The van der Waals surface area contributed by atoms with Crippen LogP contribution in [0, 0.1) is 0 Å². The summed E-state index contributed by atoms with van der Waals surface area (Å²) in [5, 5.41) is 6.92. The van der Waals surface area contributed by atoms with Gasteiger partial charge < -0.3 is 10.6 Å². The number of rotatable bonds is 5. The number of benzene rings is 2. The smallest absolute Gasteiger partial charge is 0.251 e. The molecule has 2 rings (SSSR count). The molecule has 0 aromatic heterocycles. The molecule has 1 unspecified atom stereocenters. The minimum absolute atomic E-state index is 0.0553. The van der Waals surface area contributed by atoms with Gasteiger partial charge in [-0.15, -0.1) is 0 Å². The Hall–Kier alpha value is -2.00. The maximum atomic E-state index is 11.8. The monoisotopic (exact) mass is 302 g/mol. The summed E-state index contributed by atoms with van der Waals surface area (Å²) in [5.41, 5.74) is 2.72. The number of hydrogen-bond donors (Lipinski definition) is 2. The van der Waals surface area contributed by atoms with Crippen molar-refractivity contribution in [1.29, 1.82) is 0 Å². The maximum Gasteiger partial charge on any atom is 0.251 e. The molecule has 0 radical (unpaired) electrons. The Morgan fingerprint density at radius 1 is 1.19 bits per heavy atom. The van der Waals surface area contributed by atoms with Gasteiger partial charge in [0.1, 0.15) is 0 Å². The van der Waals surface area contributed by atoms with E-state index < -0.39 is 0 Å². The first-order valence-corrected chi connectivity index (χ1v) is 7.38. The van der Waals surface area contributed by atoms with E-state index in [1.54, 1.807) is 0 Å². The van der Waals surface area contributed by atoms with Crippen LogP contribution in [0.15, 0.2) is 48.5 Å². The Labute approximate surface area is 130 Å². The third-order valence-electron chi connectivity index (χ3n) is 3.22. The van der Waals surface area contributed by atoms with Gasteiger partial charge in [-0.2, -0.15) is 0 Å². The molecule has 110 valence electrons. The highest BCUT2D eigenvalue weighted by molar-refractivity contribution is 6.30. The molecular formula is C17H19ClN2O. The second-order valence-electron chi connectivity index (χ2n) is 4.86. The molecule has 0 aliphatic heterocycles. The van der Waals surface area contributed by atoms with E-state index in [0.29, 0.717) is 12.1 Å². The topological polar surface area (TPSA) is 41.1 Å². The maximum absolute atomic E-state index is 11.8. The third-order valence-corrected chi connectivity index (χ3v) is 3.47. The molecular weight excluding hydrogens is 284 g/mol. The van der Waals surface area contributed by atoms with E-state index in [9.17, 15) is 4.79 Å². The zero-order chi connectivity index (χ0) is 15.2. The molecule has 3 nitrogen and oxygen atoms in total. The first-order chi connectivity index (χ1) is 10.1. The highest BCUT2D eigenvalue weighted by Gasteiger charge is 2.08. The van der Waals surface area contributed by atoms with Gasteiger partial charge in [0.2, 0.25) is 0 Å². The molecule has 1 amide bonds. The number of nitrogens with one attached hydrogen (secondary N) is 2. The van der Waals surface area contributed by atoms with Crippen LogP contribution in [-0.2, 0) is 0 Å². The normalized spacial score (nSPS) is 11.8. The van der Waals surface area contributed by atoms with Crippen LogP contribution in [0.1, 0.15) is 35.8 Å². The van der Waals surface area contributed by atoms with Crippen molar-refractivity contribution in [2.45, 2.75) is 19.9 Å². The Kier molecular flexibility index (Phi) is 5.23. The Morgan fingerprint density at radius 3 is 2.57 bits per heavy atom. The fraction of sp³-hybridized carbons (Fsp3) is 0.235. The van der Waals surface area contributed by atoms with Gasteiger partial charge in [-0.1, -0.05) is 29.8 Å². The molecule has 0 bridgehead atoms. The number of amides is 1. The molecule has 0 saturated carbocycles. The molecule has 1 atom stereocenters. The number of anilines is 1. The number of halogens is 1. The molecule has 4 heteroatoms. The van der Waals surface area contributed by atoms with E-state index in [2.05, 4.69) is 17.6 Å². The fourth-order valence-corrected chi connectivity index (χ4v) is 2.22. The van der Waals surface area contributed by atoms with Crippen molar-refractivity contribution in [2.75, 3.05) is 11.9 Å². The summed E-state index contributed by atoms with van der Waals surface area (Å²) in [5.74, 6) is -0.0553. The molecule has 2 aromatic rings. The standard InChI is InChI=1S/C17H19ClN2O/c1-3-19-17(21)14-5-4-6-16(11-14)20-12(2)13-7-9-15(18)10-8-13/h4-12,20H,3H2,1-2H3,(H,19,21). The average Bonchev–Trinajstić information content (AvgIpc) is 2.48. The predicted octanol–water partition coefficient (Wildman–Crippen LogP) is 4.26. The summed E-state index contributed by atoms with van der Waals surface area (Å²) in [6, 6.07) is 15.4. The molecule has 0 aliphatic rings. The average molecular weight is 303 g/mol. The molecule has 0 fully saturated rings. The van der Waals surface area contributed by atoms with E-state index in [0.717, 1.165) is 16.3 Å². The van der Waals surface area contributed by atoms with Gasteiger partial charge in [0, 0.05) is 28.9 Å². The van der Waals surface area contributed by atoms with E-state index in [4.69, 9.17) is 11.6 Å². The van der Waals surface area contributed by atoms with Gasteiger partial charge in [-0.25, -0.2) is 0 Å². The van der Waals surface area contributed by atoms with Crippen LogP contribution in [0.5, 0.6) is 0 Å². The Balaban J connectivity index is 2.10. The predicted molar refractivity (Wildman–Crippen MR) is 87.9 cm³/mol. The Morgan fingerprint density at radius 2 is 1.90 bits per heavy atom. The van der Waals surface area contributed by atoms with Crippen molar-refractivity contribution in [2.24, 2.45) is 0 Å². The quantitative estimate of drug-likeness (QED) is 0.866. The van der Waals surface area contributed by atoms with Crippen LogP contribution in [0.2, 0.25) is 5.02 Å². The van der Waals surface area contributed by atoms with Crippen LogP contribution in [0.25, 0.3) is 0 Å². The number of carbonyl (C=O) groups is 1. The summed E-state index contributed by atoms with van der Waals surface area (Å²) < 4.78 is 0. The zero-order valence-electron chi connectivity index (χ0n) is 12.2. The van der Waals surface area contributed by atoms with E-state index in [1.165, 1.54) is 0 Å². The molecule has 2 aromatic carbocycles. The largest absolute Gasteiger partial charge is 0.379 e. The van der Waals surface area contributed by atoms with Crippen molar-refractivity contribution >= 4 is 23.2 Å². The first kappa shape index (κ1) is 15.4. The molecule has 0 aliphatic carbocycles. The SMILES string of the molecule is CCNC(=O)c1cccc(NC(C)c2ccc(Cl)cc2)c1. The first-order valence-electron chi connectivity index (χ1n) is 7.00. The van der Waals surface area contributed by atoms with Gasteiger partial charge >= 0.3 is 0 Å². The van der Waals surface area contributed by atoms with Gasteiger partial charge in [-0.3, -0.25) is 4.79 Å². The highest BCUT2D eigenvalue weighted by atomic mass is 35.5. The minimum Gasteiger partial charge on any atom is -0.379 e. The molecule has 2 N–H and O–H groups in total. The molecule has 21 heavy (non-hydrogen) atoms. The molecule has 0 spiro atoms. The van der Waals surface area contributed by atoms with Gasteiger partial charge in [0.05, 0.1) is 0 Å². The lowest BCUT2D eigenvalue weighted by atomic mass is 10.1. The van der Waals surface area contributed by atoms with Gasteiger partial charge in [0.25, 0.3) is 5.91 Å². The molecule has 0 heterocycles. The van der Waals surface area contributed by atoms with Crippen LogP contribution in [-0.4, -0.2) is 12.5 Å². The van der Waals surface area contributed by atoms with Crippen molar-refractivity contribution < 1.29 is 4.79 Å². The lowest BCUT2D eigenvalue weighted by Gasteiger charge is -2.16. The van der Waals surface area contributed by atoms with Gasteiger partial charge in [-0.05, 0) is 49.7 Å². The van der Waals surface area contributed by atoms with E-state index >= 15 is 0 Å². The van der Waals surface area contributed by atoms with Crippen LogP contribution >= 0.6 is 11.6 Å². The van der Waals surface area contributed by atoms with E-state index in [-0.39, 0.29) is 11.9 Å². The summed E-state index contributed by atoms with van der Waals surface area (Å²) >= 11 is 5.90. The summed E-state index contributed by atoms with van der Waals surface area (Å²) in [7, 11) is 0. The second kappa shape index (κ2) is 7.14. The second-order valence-corrected chi connectivity index (χ2v) is 5.29. The van der Waals surface area contributed by atoms with Crippen molar-refractivity contribution in [3.63, 3.8) is 0 Å². The lowest BCUT2D eigenvalue weighted by Crippen LogP contribution is -2.22. The number of carbonyl (C=O) groups excluding carboxylic acids is 1. The third kappa shape index (κ3) is 4.23. The van der Waals surface area contributed by atoms with Crippen LogP contribution in [0.4, 0.5) is 5.69 Å². The van der Waals surface area contributed by atoms with Crippen molar-refractivity contribution in [3.8, 4) is 0 Å². The minimum atomic E-state index is -0.0553. The zero-order valence-corrected chi connectivity index (χ0v) is 12.9. The Bertz CT molecular complexity index is 610. The van der Waals surface area contributed by atoms with Crippen molar-refractivity contribution in [3.05, 3.63) is 64.7 Å². The molecule has 0 saturated heterocycles. The van der Waals surface area contributed by atoms with E-state index in [1.807, 2.05) is 55.5 Å². The summed E-state index contributed by atoms with van der Waals surface area (Å²) in [6.07, 6.45) is 0. The summed E-state index contributed by atoms with van der Waals surface area (Å²) in [4.78, 5) is 11.8. The van der Waals surface area contributed by atoms with Gasteiger partial charge in [0.15, 0.2) is 0 Å². The fourth-order valence-electron chi connectivity index (χ4n) is 2.10. The summed E-state index contributed by atoms with van der Waals surface area (Å²) in [6.45, 7) is 4.60. The lowest BCUT2D eigenvalue weighted by molar-refractivity contribution is 0.0956. The van der Waals surface area contributed by atoms with Crippen LogP contribution in [0.3, 0.4) is 0 Å². The van der Waals surface area contributed by atoms with Crippen LogP contribution < -0.4 is 10.6 Å². The van der Waals surface area contributed by atoms with Crippen molar-refractivity contribution in [1.82, 2.24) is 5.32 Å².